The van der Waals surface area contributed by atoms with E-state index in [0.29, 0.717) is 31.2 Å². The largest absolute Gasteiger partial charge is 0.484 e. The van der Waals surface area contributed by atoms with Gasteiger partial charge in [0.25, 0.3) is 5.91 Å². The third-order valence-electron chi connectivity index (χ3n) is 5.35. The van der Waals surface area contributed by atoms with Crippen LogP contribution in [-0.2, 0) is 21.5 Å². The number of carbonyl (C=O) groups excluding carboxylic acids is 2. The molecular weight excluding hydrogens is 400 g/mol. The van der Waals surface area contributed by atoms with Crippen molar-refractivity contribution in [2.75, 3.05) is 13.2 Å². The lowest BCUT2D eigenvalue weighted by Gasteiger charge is -2.30. The zero-order valence-electron chi connectivity index (χ0n) is 20.4. The van der Waals surface area contributed by atoms with Gasteiger partial charge in [0.1, 0.15) is 11.8 Å². The molecule has 1 atom stereocenters. The maximum Gasteiger partial charge on any atom is 0.261 e. The summed E-state index contributed by atoms with van der Waals surface area (Å²) in [5, 5.41) is 2.97. The van der Waals surface area contributed by atoms with Gasteiger partial charge in [-0.3, -0.25) is 9.59 Å². The van der Waals surface area contributed by atoms with Gasteiger partial charge >= 0.3 is 0 Å². The van der Waals surface area contributed by atoms with Crippen LogP contribution in [0.1, 0.15) is 59.1 Å². The van der Waals surface area contributed by atoms with Crippen LogP contribution in [0.3, 0.4) is 0 Å². The van der Waals surface area contributed by atoms with Crippen molar-refractivity contribution in [3.63, 3.8) is 0 Å². The number of hydrogen-bond donors (Lipinski definition) is 1. The molecule has 0 aliphatic carbocycles. The smallest absolute Gasteiger partial charge is 0.261 e. The van der Waals surface area contributed by atoms with Crippen molar-refractivity contribution < 1.29 is 14.3 Å². The fourth-order valence-corrected chi connectivity index (χ4v) is 3.40. The second-order valence-corrected chi connectivity index (χ2v) is 9.63. The summed E-state index contributed by atoms with van der Waals surface area (Å²) < 4.78 is 5.80. The van der Waals surface area contributed by atoms with Crippen LogP contribution in [-0.4, -0.2) is 35.9 Å². The molecule has 5 nitrogen and oxygen atoms in total. The molecule has 0 fully saturated rings. The van der Waals surface area contributed by atoms with E-state index in [1.165, 1.54) is 5.56 Å². The van der Waals surface area contributed by atoms with Crippen LogP contribution < -0.4 is 10.1 Å². The second kappa shape index (κ2) is 11.7. The predicted octanol–water partition coefficient (Wildman–Crippen LogP) is 4.94. The number of hydrogen-bond acceptors (Lipinski definition) is 3. The molecule has 2 aromatic rings. The monoisotopic (exact) mass is 438 g/mol. The van der Waals surface area contributed by atoms with Gasteiger partial charge in [-0.1, -0.05) is 84.0 Å². The van der Waals surface area contributed by atoms with E-state index in [1.807, 2.05) is 75.4 Å². The molecule has 0 spiro atoms. The van der Waals surface area contributed by atoms with Crippen LogP contribution in [0.2, 0.25) is 0 Å². The molecule has 2 amide bonds. The molecule has 1 unspecified atom stereocenters. The Morgan fingerprint density at radius 2 is 1.62 bits per heavy atom. The summed E-state index contributed by atoms with van der Waals surface area (Å²) >= 11 is 0. The normalized spacial score (nSPS) is 12.3. The van der Waals surface area contributed by atoms with Crippen LogP contribution >= 0.6 is 0 Å². The molecule has 32 heavy (non-hydrogen) atoms. The van der Waals surface area contributed by atoms with Crippen molar-refractivity contribution >= 4 is 11.8 Å². The fourth-order valence-electron chi connectivity index (χ4n) is 3.40. The van der Waals surface area contributed by atoms with E-state index in [2.05, 4.69) is 26.1 Å². The Morgan fingerprint density at radius 1 is 1.00 bits per heavy atom. The SMILES string of the molecule is CCC(C(=O)NCC(C)C)N(Cc1ccccc1)C(=O)COc1ccc(C(C)(C)C)cc1. The standard InChI is InChI=1S/C27H38N2O3/c1-7-24(26(31)28-17-20(2)3)29(18-21-11-9-8-10-12-21)25(30)19-32-23-15-13-22(14-16-23)27(4,5)6/h8-16,20,24H,7,17-19H2,1-6H3,(H,28,31). The number of nitrogens with one attached hydrogen (secondary N) is 1. The summed E-state index contributed by atoms with van der Waals surface area (Å²) in [6, 6.07) is 17.0. The molecule has 0 radical (unpaired) electrons. The quantitative estimate of drug-likeness (QED) is 0.571. The number of ether oxygens (including phenoxy) is 1. The highest BCUT2D eigenvalue weighted by molar-refractivity contribution is 5.88. The number of rotatable bonds is 10. The van der Waals surface area contributed by atoms with Gasteiger partial charge in [-0.05, 0) is 41.0 Å². The van der Waals surface area contributed by atoms with Gasteiger partial charge in [-0.2, -0.15) is 0 Å². The Bertz CT molecular complexity index is 855. The molecule has 0 aliphatic heterocycles. The minimum atomic E-state index is -0.548. The summed E-state index contributed by atoms with van der Waals surface area (Å²) in [5.74, 6) is 0.651. The molecule has 2 aromatic carbocycles. The minimum absolute atomic E-state index is 0.0541. The Hall–Kier alpha value is -2.82. The first-order chi connectivity index (χ1) is 15.1. The van der Waals surface area contributed by atoms with Crippen LogP contribution in [0, 0.1) is 5.92 Å². The lowest BCUT2D eigenvalue weighted by atomic mass is 9.87. The molecule has 0 bridgehead atoms. The van der Waals surface area contributed by atoms with Gasteiger partial charge in [0, 0.05) is 13.1 Å². The van der Waals surface area contributed by atoms with Crippen molar-refractivity contribution in [1.82, 2.24) is 10.2 Å². The van der Waals surface area contributed by atoms with Gasteiger partial charge < -0.3 is 15.0 Å². The first-order valence-corrected chi connectivity index (χ1v) is 11.5. The summed E-state index contributed by atoms with van der Waals surface area (Å²) in [6.45, 7) is 13.3. The minimum Gasteiger partial charge on any atom is -0.484 e. The molecular formula is C27H38N2O3. The number of amides is 2. The van der Waals surface area contributed by atoms with E-state index in [1.54, 1.807) is 4.90 Å². The lowest BCUT2D eigenvalue weighted by molar-refractivity contribution is -0.143. The van der Waals surface area contributed by atoms with Crippen LogP contribution in [0.5, 0.6) is 5.75 Å². The van der Waals surface area contributed by atoms with E-state index in [4.69, 9.17) is 4.74 Å². The number of nitrogens with zero attached hydrogens (tertiary/aromatic N) is 1. The van der Waals surface area contributed by atoms with Crippen molar-refractivity contribution in [2.45, 2.75) is 66.0 Å². The Balaban J connectivity index is 2.14. The lowest BCUT2D eigenvalue weighted by Crippen LogP contribution is -2.50. The second-order valence-electron chi connectivity index (χ2n) is 9.63. The molecule has 0 aliphatic rings. The topological polar surface area (TPSA) is 58.6 Å². The zero-order valence-corrected chi connectivity index (χ0v) is 20.4. The maximum absolute atomic E-state index is 13.2. The van der Waals surface area contributed by atoms with E-state index < -0.39 is 6.04 Å². The number of carbonyl (C=O) groups is 2. The Kier molecular flexibility index (Phi) is 9.30. The zero-order chi connectivity index (χ0) is 23.7. The molecule has 5 heteroatoms. The van der Waals surface area contributed by atoms with Gasteiger partial charge in [0.15, 0.2) is 6.61 Å². The molecule has 0 saturated heterocycles. The highest BCUT2D eigenvalue weighted by atomic mass is 16.5. The predicted molar refractivity (Wildman–Crippen MR) is 130 cm³/mol. The summed E-state index contributed by atoms with van der Waals surface area (Å²) in [6.07, 6.45) is 0.531. The summed E-state index contributed by atoms with van der Waals surface area (Å²) in [5.41, 5.74) is 2.23. The average Bonchev–Trinajstić information content (AvgIpc) is 2.76. The van der Waals surface area contributed by atoms with E-state index in [9.17, 15) is 9.59 Å². The molecule has 1 N–H and O–H groups in total. The van der Waals surface area contributed by atoms with Crippen molar-refractivity contribution in [3.05, 3.63) is 65.7 Å². The highest BCUT2D eigenvalue weighted by Gasteiger charge is 2.29. The van der Waals surface area contributed by atoms with E-state index in [-0.39, 0.29) is 23.8 Å². The maximum atomic E-state index is 13.2. The van der Waals surface area contributed by atoms with Gasteiger partial charge in [-0.15, -0.1) is 0 Å². The molecule has 2 rings (SSSR count). The van der Waals surface area contributed by atoms with Crippen molar-refractivity contribution in [3.8, 4) is 5.75 Å². The Labute approximate surface area is 193 Å². The molecule has 0 saturated carbocycles. The first-order valence-electron chi connectivity index (χ1n) is 11.5. The average molecular weight is 439 g/mol. The fraction of sp³-hybridized carbons (Fsp3) is 0.481. The van der Waals surface area contributed by atoms with Crippen molar-refractivity contribution in [1.29, 1.82) is 0 Å². The molecule has 0 heterocycles. The van der Waals surface area contributed by atoms with E-state index >= 15 is 0 Å². The summed E-state index contributed by atoms with van der Waals surface area (Å²) in [7, 11) is 0. The first kappa shape index (κ1) is 25.4. The molecule has 0 aromatic heterocycles. The summed E-state index contributed by atoms with van der Waals surface area (Å²) in [4.78, 5) is 27.7. The van der Waals surface area contributed by atoms with Gasteiger partial charge in [0.05, 0.1) is 0 Å². The van der Waals surface area contributed by atoms with Crippen molar-refractivity contribution in [2.24, 2.45) is 5.92 Å². The number of benzene rings is 2. The third kappa shape index (κ3) is 7.70. The highest BCUT2D eigenvalue weighted by Crippen LogP contribution is 2.24. The van der Waals surface area contributed by atoms with Gasteiger partial charge in [0.2, 0.25) is 5.91 Å². The van der Waals surface area contributed by atoms with E-state index in [0.717, 1.165) is 5.56 Å². The van der Waals surface area contributed by atoms with Crippen LogP contribution in [0.4, 0.5) is 0 Å². The third-order valence-corrected chi connectivity index (χ3v) is 5.35. The van der Waals surface area contributed by atoms with Gasteiger partial charge in [-0.25, -0.2) is 0 Å². The van der Waals surface area contributed by atoms with Crippen LogP contribution in [0.25, 0.3) is 0 Å². The Morgan fingerprint density at radius 3 is 2.16 bits per heavy atom. The van der Waals surface area contributed by atoms with Crippen LogP contribution in [0.15, 0.2) is 54.6 Å². The molecule has 174 valence electrons.